The van der Waals surface area contributed by atoms with Gasteiger partial charge in [-0.15, -0.1) is 6.58 Å². The third-order valence-corrected chi connectivity index (χ3v) is 2.89. The van der Waals surface area contributed by atoms with Crippen molar-refractivity contribution in [3.05, 3.63) is 23.8 Å². The Morgan fingerprint density at radius 2 is 2.00 bits per heavy atom. The van der Waals surface area contributed by atoms with Gasteiger partial charge in [0.15, 0.2) is 0 Å². The molecule has 0 heterocycles. The SMILES string of the molecule is C=CC1CCC2=C(CC2)C1. The molecule has 54 valence electrons. The summed E-state index contributed by atoms with van der Waals surface area (Å²) in [4.78, 5) is 0. The van der Waals surface area contributed by atoms with Gasteiger partial charge in [-0.05, 0) is 38.0 Å². The van der Waals surface area contributed by atoms with Crippen molar-refractivity contribution in [3.63, 3.8) is 0 Å². The Bertz CT molecular complexity index is 186. The van der Waals surface area contributed by atoms with Crippen LogP contribution in [0.4, 0.5) is 0 Å². The highest BCUT2D eigenvalue weighted by atomic mass is 14.3. The summed E-state index contributed by atoms with van der Waals surface area (Å²) in [6.07, 6.45) is 8.98. The monoisotopic (exact) mass is 134 g/mol. The fourth-order valence-electron chi connectivity index (χ4n) is 2.01. The number of allylic oxidation sites excluding steroid dienone is 3. The summed E-state index contributed by atoms with van der Waals surface area (Å²) >= 11 is 0. The molecule has 0 heteroatoms. The van der Waals surface area contributed by atoms with Crippen molar-refractivity contribution in [3.8, 4) is 0 Å². The zero-order valence-corrected chi connectivity index (χ0v) is 6.40. The van der Waals surface area contributed by atoms with E-state index < -0.39 is 0 Å². The average Bonchev–Trinajstić information content (AvgIpc) is 1.92. The lowest BCUT2D eigenvalue weighted by Gasteiger charge is -2.32. The predicted molar refractivity (Wildman–Crippen MR) is 43.8 cm³/mol. The van der Waals surface area contributed by atoms with E-state index in [-0.39, 0.29) is 0 Å². The molecule has 0 bridgehead atoms. The molecule has 1 atom stereocenters. The summed E-state index contributed by atoms with van der Waals surface area (Å²) in [5.74, 6) is 0.805. The van der Waals surface area contributed by atoms with Crippen LogP contribution in [0.2, 0.25) is 0 Å². The van der Waals surface area contributed by atoms with E-state index in [1.807, 2.05) is 0 Å². The molecule has 2 aliphatic rings. The van der Waals surface area contributed by atoms with Gasteiger partial charge in [-0.1, -0.05) is 17.2 Å². The molecule has 1 unspecified atom stereocenters. The first kappa shape index (κ1) is 6.21. The second-order valence-corrected chi connectivity index (χ2v) is 3.45. The lowest BCUT2D eigenvalue weighted by atomic mass is 9.74. The van der Waals surface area contributed by atoms with Crippen molar-refractivity contribution in [2.75, 3.05) is 0 Å². The maximum absolute atomic E-state index is 3.85. The first-order valence-electron chi connectivity index (χ1n) is 4.22. The van der Waals surface area contributed by atoms with Crippen LogP contribution in [0.25, 0.3) is 0 Å². The van der Waals surface area contributed by atoms with Crippen molar-refractivity contribution in [2.24, 2.45) is 5.92 Å². The maximum atomic E-state index is 3.85. The van der Waals surface area contributed by atoms with Gasteiger partial charge in [-0.3, -0.25) is 0 Å². The molecule has 2 aliphatic carbocycles. The molecule has 0 aromatic heterocycles. The minimum absolute atomic E-state index is 0.805. The molecule has 0 aromatic carbocycles. The van der Waals surface area contributed by atoms with Gasteiger partial charge in [0.25, 0.3) is 0 Å². The molecule has 0 N–H and O–H groups in total. The molecule has 0 aromatic rings. The van der Waals surface area contributed by atoms with Gasteiger partial charge in [-0.2, -0.15) is 0 Å². The molecule has 0 aliphatic heterocycles. The van der Waals surface area contributed by atoms with E-state index >= 15 is 0 Å². The molecular weight excluding hydrogens is 120 g/mol. The Morgan fingerprint density at radius 1 is 1.20 bits per heavy atom. The number of hydrogen-bond donors (Lipinski definition) is 0. The summed E-state index contributed by atoms with van der Waals surface area (Å²) in [5.41, 5.74) is 3.54. The normalized spacial score (nSPS) is 31.0. The van der Waals surface area contributed by atoms with Crippen LogP contribution >= 0.6 is 0 Å². The van der Waals surface area contributed by atoms with Crippen LogP contribution in [-0.2, 0) is 0 Å². The summed E-state index contributed by atoms with van der Waals surface area (Å²) in [7, 11) is 0. The molecular formula is C10H14. The molecule has 0 saturated heterocycles. The fourth-order valence-corrected chi connectivity index (χ4v) is 2.01. The Morgan fingerprint density at radius 3 is 2.50 bits per heavy atom. The Labute approximate surface area is 62.6 Å². The van der Waals surface area contributed by atoms with Gasteiger partial charge >= 0.3 is 0 Å². The molecule has 0 amide bonds. The maximum Gasteiger partial charge on any atom is -0.0196 e. The van der Waals surface area contributed by atoms with Gasteiger partial charge in [0.2, 0.25) is 0 Å². The molecule has 10 heavy (non-hydrogen) atoms. The molecule has 0 saturated carbocycles. The standard InChI is InChI=1S/C10H14/c1-2-8-3-4-9-5-6-10(9)7-8/h2,8H,1,3-7H2. The molecule has 0 nitrogen and oxygen atoms in total. The van der Waals surface area contributed by atoms with Crippen molar-refractivity contribution in [1.82, 2.24) is 0 Å². The minimum atomic E-state index is 0.805. The smallest absolute Gasteiger partial charge is 0.0196 e. The van der Waals surface area contributed by atoms with E-state index in [9.17, 15) is 0 Å². The van der Waals surface area contributed by atoms with Gasteiger partial charge in [0.05, 0.1) is 0 Å². The highest BCUT2D eigenvalue weighted by Crippen LogP contribution is 2.41. The second kappa shape index (κ2) is 2.26. The van der Waals surface area contributed by atoms with Gasteiger partial charge in [0, 0.05) is 0 Å². The van der Waals surface area contributed by atoms with E-state index in [4.69, 9.17) is 0 Å². The molecule has 2 rings (SSSR count). The van der Waals surface area contributed by atoms with E-state index in [1.54, 1.807) is 11.1 Å². The second-order valence-electron chi connectivity index (χ2n) is 3.45. The van der Waals surface area contributed by atoms with E-state index in [0.717, 1.165) is 5.92 Å². The lowest BCUT2D eigenvalue weighted by molar-refractivity contribution is 0.487. The molecule has 0 radical (unpaired) electrons. The Kier molecular flexibility index (Phi) is 1.40. The minimum Gasteiger partial charge on any atom is -0.103 e. The van der Waals surface area contributed by atoms with Crippen LogP contribution in [0.5, 0.6) is 0 Å². The molecule has 0 spiro atoms. The summed E-state index contributed by atoms with van der Waals surface area (Å²) in [5, 5.41) is 0. The number of rotatable bonds is 1. The van der Waals surface area contributed by atoms with Crippen LogP contribution in [0, 0.1) is 5.92 Å². The zero-order valence-electron chi connectivity index (χ0n) is 6.40. The van der Waals surface area contributed by atoms with Crippen molar-refractivity contribution >= 4 is 0 Å². The highest BCUT2D eigenvalue weighted by molar-refractivity contribution is 5.27. The van der Waals surface area contributed by atoms with Crippen LogP contribution in [0.15, 0.2) is 23.8 Å². The van der Waals surface area contributed by atoms with Crippen LogP contribution in [0.1, 0.15) is 32.1 Å². The summed E-state index contributed by atoms with van der Waals surface area (Å²) in [6.45, 7) is 3.85. The summed E-state index contributed by atoms with van der Waals surface area (Å²) in [6, 6.07) is 0. The topological polar surface area (TPSA) is 0 Å². The average molecular weight is 134 g/mol. The summed E-state index contributed by atoms with van der Waals surface area (Å²) < 4.78 is 0. The quantitative estimate of drug-likeness (QED) is 0.483. The van der Waals surface area contributed by atoms with Crippen LogP contribution in [-0.4, -0.2) is 0 Å². The van der Waals surface area contributed by atoms with Crippen molar-refractivity contribution in [1.29, 1.82) is 0 Å². The fraction of sp³-hybridized carbons (Fsp3) is 0.600. The zero-order chi connectivity index (χ0) is 6.97. The lowest BCUT2D eigenvalue weighted by Crippen LogP contribution is -2.14. The largest absolute Gasteiger partial charge is 0.103 e. The van der Waals surface area contributed by atoms with E-state index in [0.29, 0.717) is 0 Å². The van der Waals surface area contributed by atoms with Crippen molar-refractivity contribution in [2.45, 2.75) is 32.1 Å². The van der Waals surface area contributed by atoms with Crippen LogP contribution < -0.4 is 0 Å². The van der Waals surface area contributed by atoms with Crippen LogP contribution in [0.3, 0.4) is 0 Å². The predicted octanol–water partition coefficient (Wildman–Crippen LogP) is 3.06. The third kappa shape index (κ3) is 0.828. The Hall–Kier alpha value is -0.520. The first-order valence-corrected chi connectivity index (χ1v) is 4.22. The van der Waals surface area contributed by atoms with Gasteiger partial charge < -0.3 is 0 Å². The number of hydrogen-bond acceptors (Lipinski definition) is 0. The Balaban J connectivity index is 2.09. The third-order valence-electron chi connectivity index (χ3n) is 2.89. The van der Waals surface area contributed by atoms with Gasteiger partial charge in [-0.25, -0.2) is 0 Å². The molecule has 0 fully saturated rings. The van der Waals surface area contributed by atoms with Crippen molar-refractivity contribution < 1.29 is 0 Å². The van der Waals surface area contributed by atoms with E-state index in [1.165, 1.54) is 32.1 Å². The van der Waals surface area contributed by atoms with Gasteiger partial charge in [0.1, 0.15) is 0 Å². The first-order chi connectivity index (χ1) is 4.90. The highest BCUT2D eigenvalue weighted by Gasteiger charge is 2.23. The van der Waals surface area contributed by atoms with E-state index in [2.05, 4.69) is 12.7 Å².